The highest BCUT2D eigenvalue weighted by atomic mass is 35.5. The van der Waals surface area contributed by atoms with E-state index in [1.54, 1.807) is 6.07 Å². The van der Waals surface area contributed by atoms with Crippen LogP contribution >= 0.6 is 11.6 Å². The Morgan fingerprint density at radius 2 is 1.85 bits per heavy atom. The lowest BCUT2D eigenvalue weighted by Gasteiger charge is -2.21. The first-order chi connectivity index (χ1) is 9.41. The molecule has 1 atom stereocenters. The summed E-state index contributed by atoms with van der Waals surface area (Å²) in [5.41, 5.74) is -0.122. The Morgan fingerprint density at radius 3 is 2.50 bits per heavy atom. The summed E-state index contributed by atoms with van der Waals surface area (Å²) in [5, 5.41) is 3.65. The fourth-order valence-corrected chi connectivity index (χ4v) is 2.86. The summed E-state index contributed by atoms with van der Waals surface area (Å²) in [4.78, 5) is 1.97. The molecule has 1 saturated carbocycles. The van der Waals surface area contributed by atoms with Gasteiger partial charge in [0.15, 0.2) is 0 Å². The first kappa shape index (κ1) is 14.0. The van der Waals surface area contributed by atoms with E-state index in [9.17, 15) is 13.2 Å². The van der Waals surface area contributed by atoms with E-state index in [2.05, 4.69) is 5.32 Å². The number of benzene rings is 1. The van der Waals surface area contributed by atoms with Gasteiger partial charge < -0.3 is 10.2 Å². The minimum Gasteiger partial charge on any atom is -0.370 e. The first-order valence-electron chi connectivity index (χ1n) is 6.80. The van der Waals surface area contributed by atoms with Crippen LogP contribution in [0.25, 0.3) is 0 Å². The number of hydrogen-bond donors (Lipinski definition) is 1. The Morgan fingerprint density at radius 1 is 1.10 bits per heavy atom. The number of alkyl halides is 3. The fourth-order valence-electron chi connectivity index (χ4n) is 2.63. The molecule has 1 heterocycles. The molecule has 2 aliphatic rings. The third-order valence-electron chi connectivity index (χ3n) is 3.81. The van der Waals surface area contributed by atoms with Crippen LogP contribution in [0.15, 0.2) is 18.2 Å². The van der Waals surface area contributed by atoms with Gasteiger partial charge in [-0.25, -0.2) is 0 Å². The number of rotatable bonds is 3. The van der Waals surface area contributed by atoms with Crippen molar-refractivity contribution in [2.75, 3.05) is 18.0 Å². The summed E-state index contributed by atoms with van der Waals surface area (Å²) < 4.78 is 38.4. The van der Waals surface area contributed by atoms with Gasteiger partial charge in [-0.15, -0.1) is 0 Å². The number of nitrogens with zero attached hydrogens (tertiary/aromatic N) is 1. The monoisotopic (exact) mass is 304 g/mol. The second-order valence-electron chi connectivity index (χ2n) is 5.57. The Balaban J connectivity index is 1.74. The van der Waals surface area contributed by atoms with Crippen LogP contribution in [0.1, 0.15) is 24.8 Å². The number of nitrogens with one attached hydrogen (secondary N) is 1. The lowest BCUT2D eigenvalue weighted by Crippen LogP contribution is -2.34. The van der Waals surface area contributed by atoms with Crippen molar-refractivity contribution < 1.29 is 13.2 Å². The van der Waals surface area contributed by atoms with Gasteiger partial charge in [-0.2, -0.15) is 13.2 Å². The standard InChI is InChI=1S/C14H16ClF3N2/c15-10-5-9(14(16,17)18)6-13(7-10)20-4-3-12(8-20)19-11-1-2-11/h5-7,11-12,19H,1-4,8H2. The van der Waals surface area contributed by atoms with E-state index >= 15 is 0 Å². The maximum atomic E-state index is 12.8. The van der Waals surface area contributed by atoms with E-state index in [1.807, 2.05) is 4.90 Å². The van der Waals surface area contributed by atoms with E-state index in [0.717, 1.165) is 25.6 Å². The van der Waals surface area contributed by atoms with Gasteiger partial charge >= 0.3 is 6.18 Å². The molecule has 1 N–H and O–H groups in total. The highest BCUT2D eigenvalue weighted by Crippen LogP contribution is 2.35. The average Bonchev–Trinajstić information content (AvgIpc) is 3.03. The Kier molecular flexibility index (Phi) is 3.58. The summed E-state index contributed by atoms with van der Waals surface area (Å²) in [7, 11) is 0. The zero-order chi connectivity index (χ0) is 14.3. The normalized spacial score (nSPS) is 23.4. The molecule has 1 unspecified atom stereocenters. The molecular weight excluding hydrogens is 289 g/mol. The third-order valence-corrected chi connectivity index (χ3v) is 4.03. The molecule has 1 aliphatic carbocycles. The topological polar surface area (TPSA) is 15.3 Å². The van der Waals surface area contributed by atoms with Gasteiger partial charge in [0.05, 0.1) is 5.56 Å². The van der Waals surface area contributed by atoms with Crippen LogP contribution in [-0.4, -0.2) is 25.2 Å². The van der Waals surface area contributed by atoms with Gasteiger partial charge in [0.1, 0.15) is 0 Å². The molecule has 3 rings (SSSR count). The summed E-state index contributed by atoms with van der Waals surface area (Å²) in [5.74, 6) is 0. The Bertz CT molecular complexity index is 500. The van der Waals surface area contributed by atoms with E-state index in [0.29, 0.717) is 17.8 Å². The van der Waals surface area contributed by atoms with Crippen molar-refractivity contribution in [3.05, 3.63) is 28.8 Å². The van der Waals surface area contributed by atoms with Crippen LogP contribution < -0.4 is 10.2 Å². The van der Waals surface area contributed by atoms with Crippen molar-refractivity contribution in [1.82, 2.24) is 5.32 Å². The van der Waals surface area contributed by atoms with Crippen LogP contribution in [0, 0.1) is 0 Å². The highest BCUT2D eigenvalue weighted by Gasteiger charge is 2.33. The molecule has 0 bridgehead atoms. The third kappa shape index (κ3) is 3.20. The zero-order valence-corrected chi connectivity index (χ0v) is 11.6. The lowest BCUT2D eigenvalue weighted by molar-refractivity contribution is -0.137. The zero-order valence-electron chi connectivity index (χ0n) is 10.9. The Hall–Kier alpha value is -0.940. The molecule has 110 valence electrons. The molecule has 1 aromatic carbocycles. The SMILES string of the molecule is FC(F)(F)c1cc(Cl)cc(N2CCC(NC3CC3)C2)c1. The largest absolute Gasteiger partial charge is 0.416 e. The van der Waals surface area contributed by atoms with Crippen LogP contribution in [0.2, 0.25) is 5.02 Å². The first-order valence-corrected chi connectivity index (χ1v) is 7.18. The minimum atomic E-state index is -4.36. The fraction of sp³-hybridized carbons (Fsp3) is 0.571. The smallest absolute Gasteiger partial charge is 0.370 e. The molecule has 1 aliphatic heterocycles. The van der Waals surface area contributed by atoms with Crippen molar-refractivity contribution >= 4 is 17.3 Å². The van der Waals surface area contributed by atoms with Crippen molar-refractivity contribution in [2.45, 2.75) is 37.5 Å². The summed E-state index contributed by atoms with van der Waals surface area (Å²) >= 11 is 5.82. The van der Waals surface area contributed by atoms with E-state index in [4.69, 9.17) is 11.6 Å². The molecule has 20 heavy (non-hydrogen) atoms. The second kappa shape index (κ2) is 5.11. The van der Waals surface area contributed by atoms with Gasteiger partial charge in [0.25, 0.3) is 0 Å². The van der Waals surface area contributed by atoms with Crippen LogP contribution in [0.3, 0.4) is 0 Å². The van der Waals surface area contributed by atoms with Gasteiger partial charge in [-0.1, -0.05) is 11.6 Å². The van der Waals surface area contributed by atoms with Gasteiger partial charge in [-0.3, -0.25) is 0 Å². The van der Waals surface area contributed by atoms with Crippen molar-refractivity contribution in [1.29, 1.82) is 0 Å². The van der Waals surface area contributed by atoms with Crippen molar-refractivity contribution in [3.63, 3.8) is 0 Å². The summed E-state index contributed by atoms with van der Waals surface area (Å²) in [6, 6.07) is 4.75. The highest BCUT2D eigenvalue weighted by molar-refractivity contribution is 6.30. The lowest BCUT2D eigenvalue weighted by atomic mass is 10.2. The summed E-state index contributed by atoms with van der Waals surface area (Å²) in [6.45, 7) is 1.51. The van der Waals surface area contributed by atoms with E-state index < -0.39 is 11.7 Å². The molecule has 0 aromatic heterocycles. The van der Waals surface area contributed by atoms with Gasteiger partial charge in [0, 0.05) is 35.9 Å². The van der Waals surface area contributed by atoms with Crippen LogP contribution in [-0.2, 0) is 6.18 Å². The second-order valence-corrected chi connectivity index (χ2v) is 6.00. The molecular formula is C14H16ClF3N2. The maximum absolute atomic E-state index is 12.8. The average molecular weight is 305 g/mol. The summed E-state index contributed by atoms with van der Waals surface area (Å²) in [6.07, 6.45) is -0.965. The maximum Gasteiger partial charge on any atom is 0.416 e. The van der Waals surface area contributed by atoms with E-state index in [1.165, 1.54) is 18.9 Å². The van der Waals surface area contributed by atoms with Gasteiger partial charge in [0.2, 0.25) is 0 Å². The molecule has 2 fully saturated rings. The Labute approximate surface area is 120 Å². The van der Waals surface area contributed by atoms with Crippen LogP contribution in [0.4, 0.5) is 18.9 Å². The predicted octanol–water partition coefficient (Wildman–Crippen LogP) is 3.69. The molecule has 2 nitrogen and oxygen atoms in total. The quantitative estimate of drug-likeness (QED) is 0.916. The minimum absolute atomic E-state index is 0.133. The molecule has 0 spiro atoms. The number of hydrogen-bond acceptors (Lipinski definition) is 2. The van der Waals surface area contributed by atoms with Gasteiger partial charge in [-0.05, 0) is 37.5 Å². The van der Waals surface area contributed by atoms with Crippen LogP contribution in [0.5, 0.6) is 0 Å². The van der Waals surface area contributed by atoms with Crippen molar-refractivity contribution in [2.24, 2.45) is 0 Å². The molecule has 1 aromatic rings. The number of halogens is 4. The van der Waals surface area contributed by atoms with E-state index in [-0.39, 0.29) is 5.02 Å². The molecule has 0 radical (unpaired) electrons. The number of anilines is 1. The predicted molar refractivity (Wildman–Crippen MR) is 73.2 cm³/mol. The molecule has 6 heteroatoms. The molecule has 0 amide bonds. The molecule has 1 saturated heterocycles. The van der Waals surface area contributed by atoms with Crippen molar-refractivity contribution in [3.8, 4) is 0 Å².